The van der Waals surface area contributed by atoms with Gasteiger partial charge in [-0.15, -0.1) is 0 Å². The Balaban J connectivity index is 1.66. The number of aliphatic hydroxyl groups excluding tert-OH is 2. The molecule has 5 amide bonds. The summed E-state index contributed by atoms with van der Waals surface area (Å²) in [4.78, 5) is 64.9. The average Bonchev–Trinajstić information content (AvgIpc) is 3.36. The van der Waals surface area contributed by atoms with Gasteiger partial charge in [0.1, 0.15) is 12.6 Å². The molecule has 7 N–H and O–H groups in total. The molecule has 238 valence electrons. The van der Waals surface area contributed by atoms with Gasteiger partial charge in [0, 0.05) is 12.1 Å². The fourth-order valence-electron chi connectivity index (χ4n) is 4.74. The number of hydrogen-bond donors (Lipinski definition) is 6. The maximum absolute atomic E-state index is 13.5. The highest BCUT2D eigenvalue weighted by molar-refractivity contribution is 5.96. The van der Waals surface area contributed by atoms with Crippen LogP contribution in [0.4, 0.5) is 4.79 Å². The van der Waals surface area contributed by atoms with Gasteiger partial charge in [0.15, 0.2) is 6.10 Å². The lowest BCUT2D eigenvalue weighted by molar-refractivity contribution is -0.149. The standard InChI is InChI=1S/C31H41N5O8/c1-31(2,3)35-28(41)25-23(37)14-15-36(25)29(42)26(39)22(16-19-10-6-4-7-11-19)33-27(40)21(32)17-24(38)34-30(43)44-18-20-12-8-5-9-13-20/h4-13,21-23,25-26,37,39H,14-18,32H2,1-3H3,(H,33,40)(H,35,41)(H,34,38,43)/t21-,22-,23+,25-,26-/m0/s1. The summed E-state index contributed by atoms with van der Waals surface area (Å²) in [6.45, 7) is 5.24. The van der Waals surface area contributed by atoms with Gasteiger partial charge in [0.25, 0.3) is 5.91 Å². The molecule has 1 fully saturated rings. The predicted octanol–water partition coefficient (Wildman–Crippen LogP) is 0.122. The monoisotopic (exact) mass is 611 g/mol. The number of benzene rings is 2. The minimum Gasteiger partial charge on any atom is -0.444 e. The molecule has 0 saturated carbocycles. The number of aliphatic hydroxyl groups is 2. The van der Waals surface area contributed by atoms with Crippen molar-refractivity contribution in [2.45, 2.75) is 82.5 Å². The average molecular weight is 612 g/mol. The molecule has 1 heterocycles. The maximum Gasteiger partial charge on any atom is 0.414 e. The van der Waals surface area contributed by atoms with Crippen LogP contribution in [0.3, 0.4) is 0 Å². The van der Waals surface area contributed by atoms with Crippen molar-refractivity contribution in [3.63, 3.8) is 0 Å². The number of nitrogens with zero attached hydrogens (tertiary/aromatic N) is 1. The Morgan fingerprint density at radius 1 is 1.00 bits per heavy atom. The fourth-order valence-corrected chi connectivity index (χ4v) is 4.74. The molecule has 1 aliphatic rings. The van der Waals surface area contributed by atoms with Crippen molar-refractivity contribution in [1.82, 2.24) is 20.9 Å². The molecule has 0 aliphatic carbocycles. The van der Waals surface area contributed by atoms with Gasteiger partial charge in [-0.2, -0.15) is 0 Å². The quantitative estimate of drug-likeness (QED) is 0.204. The molecule has 2 aromatic rings. The number of imide groups is 1. The third-order valence-electron chi connectivity index (χ3n) is 6.87. The lowest BCUT2D eigenvalue weighted by Gasteiger charge is -2.33. The Labute approximate surface area is 256 Å². The predicted molar refractivity (Wildman–Crippen MR) is 159 cm³/mol. The van der Waals surface area contributed by atoms with E-state index in [0.717, 1.165) is 4.90 Å². The number of carbonyl (C=O) groups excluding carboxylic acids is 5. The van der Waals surface area contributed by atoms with Crippen LogP contribution in [0.2, 0.25) is 0 Å². The van der Waals surface area contributed by atoms with Crippen molar-refractivity contribution < 1.29 is 38.9 Å². The zero-order chi connectivity index (χ0) is 32.4. The summed E-state index contributed by atoms with van der Waals surface area (Å²) in [5.74, 6) is -3.14. The highest BCUT2D eigenvalue weighted by Crippen LogP contribution is 2.22. The molecule has 0 radical (unpaired) electrons. The third-order valence-corrected chi connectivity index (χ3v) is 6.87. The van der Waals surface area contributed by atoms with Crippen LogP contribution in [-0.4, -0.2) is 87.3 Å². The molecule has 0 spiro atoms. The number of likely N-dealkylation sites (tertiary alicyclic amines) is 1. The van der Waals surface area contributed by atoms with Gasteiger partial charge in [-0.05, 0) is 44.7 Å². The molecular formula is C31H41N5O8. The summed E-state index contributed by atoms with van der Waals surface area (Å²) in [6.07, 6.45) is -4.40. The third kappa shape index (κ3) is 10.1. The minimum atomic E-state index is -1.82. The molecule has 13 heteroatoms. The van der Waals surface area contributed by atoms with Gasteiger partial charge < -0.3 is 36.2 Å². The van der Waals surface area contributed by atoms with E-state index >= 15 is 0 Å². The number of amides is 5. The second-order valence-corrected chi connectivity index (χ2v) is 11.7. The van der Waals surface area contributed by atoms with E-state index in [4.69, 9.17) is 10.5 Å². The van der Waals surface area contributed by atoms with Crippen molar-refractivity contribution in [1.29, 1.82) is 0 Å². The van der Waals surface area contributed by atoms with Gasteiger partial charge in [-0.25, -0.2) is 4.79 Å². The SMILES string of the molecule is CC(C)(C)NC(=O)[C@@H]1[C@H](O)CCN1C(=O)[C@@H](O)[C@H](Cc1ccccc1)NC(=O)[C@@H](N)CC(=O)NC(=O)OCc1ccccc1. The molecule has 2 aromatic carbocycles. The molecular weight excluding hydrogens is 570 g/mol. The van der Waals surface area contributed by atoms with Crippen molar-refractivity contribution in [2.24, 2.45) is 5.73 Å². The van der Waals surface area contributed by atoms with Crippen LogP contribution in [0, 0.1) is 0 Å². The molecule has 1 saturated heterocycles. The maximum atomic E-state index is 13.5. The van der Waals surface area contributed by atoms with Crippen LogP contribution in [-0.2, 0) is 36.9 Å². The first-order chi connectivity index (χ1) is 20.7. The summed E-state index contributed by atoms with van der Waals surface area (Å²) in [5.41, 5.74) is 6.72. The molecule has 0 aromatic heterocycles. The van der Waals surface area contributed by atoms with Crippen LogP contribution in [0.1, 0.15) is 44.7 Å². The first kappa shape index (κ1) is 34.2. The van der Waals surface area contributed by atoms with Gasteiger partial charge >= 0.3 is 6.09 Å². The van der Waals surface area contributed by atoms with E-state index in [-0.39, 0.29) is 26.0 Å². The highest BCUT2D eigenvalue weighted by atomic mass is 16.5. The number of alkyl carbamates (subject to hydrolysis) is 1. The van der Waals surface area contributed by atoms with Gasteiger partial charge in [0.2, 0.25) is 17.7 Å². The Kier molecular flexibility index (Phi) is 12.0. The van der Waals surface area contributed by atoms with Crippen molar-refractivity contribution in [3.05, 3.63) is 71.8 Å². The topological polar surface area (TPSA) is 200 Å². The first-order valence-corrected chi connectivity index (χ1v) is 14.3. The normalized spacial score (nSPS) is 18.5. The lowest BCUT2D eigenvalue weighted by atomic mass is 9.99. The molecule has 44 heavy (non-hydrogen) atoms. The zero-order valence-corrected chi connectivity index (χ0v) is 25.1. The summed E-state index contributed by atoms with van der Waals surface area (Å²) >= 11 is 0. The molecule has 0 unspecified atom stereocenters. The van der Waals surface area contributed by atoms with Crippen LogP contribution >= 0.6 is 0 Å². The molecule has 13 nitrogen and oxygen atoms in total. The molecule has 1 aliphatic heterocycles. The second-order valence-electron chi connectivity index (χ2n) is 11.7. The van der Waals surface area contributed by atoms with E-state index < -0.39 is 72.0 Å². The van der Waals surface area contributed by atoms with Gasteiger partial charge in [-0.3, -0.25) is 24.5 Å². The van der Waals surface area contributed by atoms with Crippen molar-refractivity contribution >= 4 is 29.7 Å². The largest absolute Gasteiger partial charge is 0.444 e. The van der Waals surface area contributed by atoms with Crippen LogP contribution < -0.4 is 21.7 Å². The van der Waals surface area contributed by atoms with E-state index in [1.54, 1.807) is 81.4 Å². The number of nitrogens with one attached hydrogen (secondary N) is 3. The highest BCUT2D eigenvalue weighted by Gasteiger charge is 2.45. The van der Waals surface area contributed by atoms with Crippen LogP contribution in [0.5, 0.6) is 0 Å². The van der Waals surface area contributed by atoms with E-state index in [0.29, 0.717) is 11.1 Å². The summed E-state index contributed by atoms with van der Waals surface area (Å²) < 4.78 is 5.00. The Morgan fingerprint density at radius 2 is 1.59 bits per heavy atom. The second kappa shape index (κ2) is 15.4. The Morgan fingerprint density at radius 3 is 2.18 bits per heavy atom. The number of carbonyl (C=O) groups is 5. The fraction of sp³-hybridized carbons (Fsp3) is 0.452. The van der Waals surface area contributed by atoms with Crippen molar-refractivity contribution in [2.75, 3.05) is 6.54 Å². The number of ether oxygens (including phenoxy) is 1. The van der Waals surface area contributed by atoms with Gasteiger partial charge in [-0.1, -0.05) is 60.7 Å². The smallest absolute Gasteiger partial charge is 0.414 e. The van der Waals surface area contributed by atoms with E-state index in [9.17, 15) is 34.2 Å². The number of rotatable bonds is 11. The molecule has 0 bridgehead atoms. The Bertz CT molecular complexity index is 1300. The van der Waals surface area contributed by atoms with E-state index in [1.165, 1.54) is 0 Å². The summed E-state index contributed by atoms with van der Waals surface area (Å²) in [5, 5.41) is 29.0. The zero-order valence-electron chi connectivity index (χ0n) is 25.1. The van der Waals surface area contributed by atoms with Crippen LogP contribution in [0.15, 0.2) is 60.7 Å². The summed E-state index contributed by atoms with van der Waals surface area (Å²) in [7, 11) is 0. The Hall–Kier alpha value is -4.33. The molecule has 3 rings (SSSR count). The van der Waals surface area contributed by atoms with Crippen molar-refractivity contribution in [3.8, 4) is 0 Å². The number of nitrogens with two attached hydrogens (primary N) is 1. The minimum absolute atomic E-state index is 0.0134. The van der Waals surface area contributed by atoms with Crippen LogP contribution in [0.25, 0.3) is 0 Å². The van der Waals surface area contributed by atoms with Gasteiger partial charge in [0.05, 0.1) is 24.6 Å². The molecule has 5 atom stereocenters. The first-order valence-electron chi connectivity index (χ1n) is 14.3. The number of hydrogen-bond acceptors (Lipinski definition) is 9. The van der Waals surface area contributed by atoms with E-state index in [1.807, 2.05) is 5.32 Å². The van der Waals surface area contributed by atoms with E-state index in [2.05, 4.69) is 10.6 Å². The summed E-state index contributed by atoms with van der Waals surface area (Å²) in [6, 6.07) is 13.7. The lowest BCUT2D eigenvalue weighted by Crippen LogP contribution is -2.59.